The summed E-state index contributed by atoms with van der Waals surface area (Å²) in [6.45, 7) is 10.4. The summed E-state index contributed by atoms with van der Waals surface area (Å²) in [6, 6.07) is 3.34. The number of fused-ring (bicyclic) bond motifs is 2. The maximum Gasteiger partial charge on any atom is 0.0536 e. The van der Waals surface area contributed by atoms with Gasteiger partial charge >= 0.3 is 0 Å². The predicted octanol–water partition coefficient (Wildman–Crippen LogP) is 5.96. The molecule has 1 heterocycles. The number of hydrogen-bond donors (Lipinski definition) is 0. The lowest BCUT2D eigenvalue weighted by atomic mass is 9.58. The molecule has 0 aromatic heterocycles. The summed E-state index contributed by atoms with van der Waals surface area (Å²) in [5.41, 5.74) is 1.11. The highest BCUT2D eigenvalue weighted by Gasteiger charge is 2.48. The van der Waals surface area contributed by atoms with Gasteiger partial charge in [-0.05, 0) is 48.0 Å². The highest BCUT2D eigenvalue weighted by molar-refractivity contribution is 6.80. The van der Waals surface area contributed by atoms with Gasteiger partial charge in [-0.25, -0.2) is 0 Å². The molecule has 0 aromatic carbocycles. The fourth-order valence-corrected chi connectivity index (χ4v) is 10.7. The lowest BCUT2D eigenvalue weighted by Crippen LogP contribution is -2.45. The van der Waals surface area contributed by atoms with Crippen LogP contribution < -0.4 is 0 Å². The van der Waals surface area contributed by atoms with Crippen LogP contribution in [-0.2, 0) is 0 Å². The molecule has 110 valence electrons. The van der Waals surface area contributed by atoms with Crippen LogP contribution in [-0.4, -0.2) is 8.07 Å². The maximum absolute atomic E-state index is 2.75. The van der Waals surface area contributed by atoms with E-state index in [0.717, 1.165) is 35.1 Å². The van der Waals surface area contributed by atoms with Crippen molar-refractivity contribution in [3.63, 3.8) is 0 Å². The maximum atomic E-state index is 2.75. The molecule has 7 atom stereocenters. The second kappa shape index (κ2) is 5.20. The molecule has 7 unspecified atom stereocenters. The molecule has 2 saturated carbocycles. The van der Waals surface area contributed by atoms with Gasteiger partial charge in [0.05, 0.1) is 8.07 Å². The van der Waals surface area contributed by atoms with Gasteiger partial charge in [-0.1, -0.05) is 65.1 Å². The van der Waals surface area contributed by atoms with Gasteiger partial charge in [-0.15, -0.1) is 0 Å². The molecular weight excluding hydrogens is 244 g/mol. The molecule has 3 aliphatic rings. The molecule has 0 spiro atoms. The van der Waals surface area contributed by atoms with E-state index in [0.29, 0.717) is 0 Å². The topological polar surface area (TPSA) is 0 Å². The molecule has 1 saturated heterocycles. The van der Waals surface area contributed by atoms with Gasteiger partial charge in [-0.3, -0.25) is 0 Å². The van der Waals surface area contributed by atoms with Crippen molar-refractivity contribution in [3.05, 3.63) is 0 Å². The summed E-state index contributed by atoms with van der Waals surface area (Å²) < 4.78 is 0. The highest BCUT2D eigenvalue weighted by atomic mass is 28.3. The van der Waals surface area contributed by atoms with E-state index in [2.05, 4.69) is 27.3 Å². The molecule has 0 nitrogen and oxygen atoms in total. The van der Waals surface area contributed by atoms with Gasteiger partial charge in [0.2, 0.25) is 0 Å². The van der Waals surface area contributed by atoms with Crippen molar-refractivity contribution < 1.29 is 0 Å². The van der Waals surface area contributed by atoms with Crippen molar-refractivity contribution in [2.45, 2.75) is 83.5 Å². The molecule has 0 N–H and O–H groups in total. The van der Waals surface area contributed by atoms with E-state index in [9.17, 15) is 0 Å². The number of rotatable bonds is 2. The zero-order valence-corrected chi connectivity index (χ0v) is 14.6. The van der Waals surface area contributed by atoms with E-state index in [1.54, 1.807) is 44.2 Å². The lowest BCUT2D eigenvalue weighted by molar-refractivity contribution is 0.0212. The Bertz CT molecular complexity index is 326. The van der Waals surface area contributed by atoms with Gasteiger partial charge in [0.15, 0.2) is 0 Å². The quantitative estimate of drug-likeness (QED) is 0.547. The van der Waals surface area contributed by atoms with E-state index in [-0.39, 0.29) is 0 Å². The first kappa shape index (κ1) is 14.2. The Morgan fingerprint density at radius 1 is 1.00 bits per heavy atom. The van der Waals surface area contributed by atoms with E-state index < -0.39 is 8.07 Å². The molecule has 0 aromatic rings. The summed E-state index contributed by atoms with van der Waals surface area (Å²) in [4.78, 5) is 0. The molecule has 1 aliphatic heterocycles. The fourth-order valence-electron chi connectivity index (χ4n) is 6.02. The average Bonchev–Trinajstić information content (AvgIpc) is 2.69. The Morgan fingerprint density at radius 2 is 1.79 bits per heavy atom. The van der Waals surface area contributed by atoms with Gasteiger partial charge in [0.1, 0.15) is 0 Å². The first-order valence-electron chi connectivity index (χ1n) is 9.01. The van der Waals surface area contributed by atoms with Crippen molar-refractivity contribution in [2.24, 2.45) is 29.6 Å². The summed E-state index contributed by atoms with van der Waals surface area (Å²) in [7, 11) is -0.895. The third-order valence-electron chi connectivity index (χ3n) is 7.79. The molecule has 1 heteroatoms. The monoisotopic (exact) mass is 278 g/mol. The van der Waals surface area contributed by atoms with Gasteiger partial charge < -0.3 is 0 Å². The Morgan fingerprint density at radius 3 is 2.47 bits per heavy atom. The molecule has 0 radical (unpaired) electrons. The van der Waals surface area contributed by atoms with Crippen LogP contribution >= 0.6 is 0 Å². The van der Waals surface area contributed by atoms with Crippen molar-refractivity contribution in [1.82, 2.24) is 0 Å². The van der Waals surface area contributed by atoms with Crippen LogP contribution in [0.15, 0.2) is 0 Å². The lowest BCUT2D eigenvalue weighted by Gasteiger charge is -2.51. The minimum Gasteiger partial charge on any atom is -0.0689 e. The van der Waals surface area contributed by atoms with Crippen LogP contribution in [0.3, 0.4) is 0 Å². The third-order valence-corrected chi connectivity index (χ3v) is 13.4. The SMILES string of the molecule is CC1CC2CCCC(C1C)C2C[Si]1(C)CCCC1C. The molecular formula is C18H34Si. The Hall–Kier alpha value is 0.217. The van der Waals surface area contributed by atoms with Crippen LogP contribution in [0, 0.1) is 29.6 Å². The van der Waals surface area contributed by atoms with Crippen molar-refractivity contribution in [3.8, 4) is 0 Å². The molecule has 2 bridgehead atoms. The van der Waals surface area contributed by atoms with Crippen LogP contribution in [0.2, 0.25) is 24.2 Å². The fraction of sp³-hybridized carbons (Fsp3) is 1.00. The van der Waals surface area contributed by atoms with E-state index in [1.165, 1.54) is 6.42 Å². The molecule has 0 amide bonds. The Kier molecular flexibility index (Phi) is 3.88. The second-order valence-electron chi connectivity index (χ2n) is 8.74. The highest BCUT2D eigenvalue weighted by Crippen LogP contribution is 2.55. The number of hydrogen-bond acceptors (Lipinski definition) is 0. The molecule has 3 fully saturated rings. The first-order valence-corrected chi connectivity index (χ1v) is 12.0. The van der Waals surface area contributed by atoms with Gasteiger partial charge in [-0.2, -0.15) is 0 Å². The third kappa shape index (κ3) is 2.45. The van der Waals surface area contributed by atoms with E-state index in [1.807, 2.05) is 0 Å². The van der Waals surface area contributed by atoms with Crippen molar-refractivity contribution >= 4 is 8.07 Å². The predicted molar refractivity (Wildman–Crippen MR) is 87.2 cm³/mol. The average molecular weight is 279 g/mol. The van der Waals surface area contributed by atoms with Crippen molar-refractivity contribution in [2.75, 3.05) is 0 Å². The summed E-state index contributed by atoms with van der Waals surface area (Å²) in [5.74, 6) is 5.36. The van der Waals surface area contributed by atoms with Crippen LogP contribution in [0.1, 0.15) is 59.3 Å². The van der Waals surface area contributed by atoms with Crippen LogP contribution in [0.25, 0.3) is 0 Å². The Balaban J connectivity index is 1.76. The summed E-state index contributed by atoms with van der Waals surface area (Å²) in [6.07, 6.45) is 9.33. The van der Waals surface area contributed by atoms with Gasteiger partial charge in [0.25, 0.3) is 0 Å². The largest absolute Gasteiger partial charge is 0.0689 e. The second-order valence-corrected chi connectivity index (χ2v) is 13.9. The summed E-state index contributed by atoms with van der Waals surface area (Å²) in [5, 5.41) is 0. The van der Waals surface area contributed by atoms with Crippen LogP contribution in [0.5, 0.6) is 0 Å². The molecule has 3 rings (SSSR count). The van der Waals surface area contributed by atoms with E-state index in [4.69, 9.17) is 0 Å². The first-order chi connectivity index (χ1) is 9.01. The van der Waals surface area contributed by atoms with Crippen LogP contribution in [0.4, 0.5) is 0 Å². The minimum absolute atomic E-state index is 0.895. The van der Waals surface area contributed by atoms with E-state index >= 15 is 0 Å². The molecule has 2 aliphatic carbocycles. The van der Waals surface area contributed by atoms with Gasteiger partial charge in [0, 0.05) is 0 Å². The Labute approximate surface area is 121 Å². The van der Waals surface area contributed by atoms with Crippen molar-refractivity contribution in [1.29, 1.82) is 0 Å². The zero-order chi connectivity index (χ0) is 13.6. The normalized spacial score (nSPS) is 54.3. The summed E-state index contributed by atoms with van der Waals surface area (Å²) >= 11 is 0. The minimum atomic E-state index is -0.895. The standard InChI is InChI=1S/C18H34Si/c1-13-11-16-8-5-9-17(15(13)3)18(16)12-19(4)10-6-7-14(19)2/h13-18H,5-12H2,1-4H3. The molecule has 19 heavy (non-hydrogen) atoms. The zero-order valence-electron chi connectivity index (χ0n) is 13.6. The smallest absolute Gasteiger partial charge is 0.0536 e.